The molecule has 3 N–H and O–H groups in total. The van der Waals surface area contributed by atoms with Gasteiger partial charge in [-0.1, -0.05) is 0 Å². The highest BCUT2D eigenvalue weighted by Crippen LogP contribution is 2.25. The summed E-state index contributed by atoms with van der Waals surface area (Å²) >= 11 is 0. The van der Waals surface area contributed by atoms with Crippen molar-refractivity contribution in [2.24, 2.45) is 11.7 Å². The van der Waals surface area contributed by atoms with E-state index in [0.717, 1.165) is 36.6 Å². The Balaban J connectivity index is 2.15. The smallest absolute Gasteiger partial charge is 0.129 e. The summed E-state index contributed by atoms with van der Waals surface area (Å²) in [4.78, 5) is 6.79. The molecule has 0 amide bonds. The van der Waals surface area contributed by atoms with Crippen molar-refractivity contribution in [1.29, 1.82) is 0 Å². The van der Waals surface area contributed by atoms with Crippen LogP contribution in [0.4, 0.5) is 5.82 Å². The first-order valence-electron chi connectivity index (χ1n) is 6.21. The van der Waals surface area contributed by atoms with Crippen LogP contribution in [0, 0.1) is 12.8 Å². The standard InChI is InChI=1S/C13H21N3O/c1-9-5-11(7-14)6-13(15-9)16-4-3-12(8-16)10(2)17/h5-6,10,12,17H,3-4,7-8,14H2,1-2H3. The average molecular weight is 235 g/mol. The van der Waals surface area contributed by atoms with Crippen LogP contribution in [-0.2, 0) is 6.54 Å². The minimum atomic E-state index is -0.237. The van der Waals surface area contributed by atoms with Crippen LogP contribution >= 0.6 is 0 Å². The minimum absolute atomic E-state index is 0.237. The summed E-state index contributed by atoms with van der Waals surface area (Å²) in [5.41, 5.74) is 7.80. The molecule has 0 aliphatic carbocycles. The maximum Gasteiger partial charge on any atom is 0.129 e. The third-order valence-corrected chi connectivity index (χ3v) is 3.47. The van der Waals surface area contributed by atoms with Crippen LogP contribution in [0.25, 0.3) is 0 Å². The first-order chi connectivity index (χ1) is 8.10. The Kier molecular flexibility index (Phi) is 3.64. The van der Waals surface area contributed by atoms with Gasteiger partial charge in [-0.25, -0.2) is 4.98 Å². The molecule has 2 rings (SSSR count). The summed E-state index contributed by atoms with van der Waals surface area (Å²) in [5.74, 6) is 1.35. The van der Waals surface area contributed by atoms with Crippen molar-refractivity contribution in [3.63, 3.8) is 0 Å². The third-order valence-electron chi connectivity index (χ3n) is 3.47. The monoisotopic (exact) mass is 235 g/mol. The predicted molar refractivity (Wildman–Crippen MR) is 68.9 cm³/mol. The van der Waals surface area contributed by atoms with E-state index in [4.69, 9.17) is 5.73 Å². The van der Waals surface area contributed by atoms with Gasteiger partial charge in [0.05, 0.1) is 6.10 Å². The summed E-state index contributed by atoms with van der Waals surface area (Å²) in [5, 5.41) is 9.61. The Bertz CT molecular complexity index is 392. The fourth-order valence-corrected chi connectivity index (χ4v) is 2.39. The van der Waals surface area contributed by atoms with E-state index in [-0.39, 0.29) is 6.10 Å². The molecule has 2 unspecified atom stereocenters. The fourth-order valence-electron chi connectivity index (χ4n) is 2.39. The van der Waals surface area contributed by atoms with Gasteiger partial charge in [0, 0.05) is 31.2 Å². The van der Waals surface area contributed by atoms with Gasteiger partial charge in [0.1, 0.15) is 5.82 Å². The van der Waals surface area contributed by atoms with Gasteiger partial charge in [0.2, 0.25) is 0 Å². The van der Waals surface area contributed by atoms with Gasteiger partial charge in [-0.15, -0.1) is 0 Å². The molecule has 0 radical (unpaired) electrons. The van der Waals surface area contributed by atoms with E-state index in [0.29, 0.717) is 12.5 Å². The number of aliphatic hydroxyl groups is 1. The summed E-state index contributed by atoms with van der Waals surface area (Å²) < 4.78 is 0. The predicted octanol–water partition coefficient (Wildman–Crippen LogP) is 1.06. The van der Waals surface area contributed by atoms with Gasteiger partial charge in [-0.05, 0) is 38.0 Å². The molecule has 1 aromatic heterocycles. The molecule has 2 heterocycles. The van der Waals surface area contributed by atoms with Gasteiger partial charge < -0.3 is 15.7 Å². The zero-order chi connectivity index (χ0) is 12.4. The van der Waals surface area contributed by atoms with Crippen molar-refractivity contribution in [2.75, 3.05) is 18.0 Å². The van der Waals surface area contributed by atoms with Crippen LogP contribution in [0.5, 0.6) is 0 Å². The molecule has 4 nitrogen and oxygen atoms in total. The lowest BCUT2D eigenvalue weighted by molar-refractivity contribution is 0.136. The maximum atomic E-state index is 9.61. The number of hydrogen-bond donors (Lipinski definition) is 2. The van der Waals surface area contributed by atoms with E-state index in [2.05, 4.69) is 16.0 Å². The number of aryl methyl sites for hydroxylation is 1. The molecule has 1 aliphatic heterocycles. The van der Waals surface area contributed by atoms with E-state index in [1.54, 1.807) is 0 Å². The number of aromatic nitrogens is 1. The van der Waals surface area contributed by atoms with Gasteiger partial charge in [0.15, 0.2) is 0 Å². The van der Waals surface area contributed by atoms with Crippen molar-refractivity contribution in [3.8, 4) is 0 Å². The second kappa shape index (κ2) is 5.02. The number of pyridine rings is 1. The Morgan fingerprint density at radius 3 is 2.94 bits per heavy atom. The Morgan fingerprint density at radius 2 is 2.35 bits per heavy atom. The fraction of sp³-hybridized carbons (Fsp3) is 0.615. The Hall–Kier alpha value is -1.13. The SMILES string of the molecule is Cc1cc(CN)cc(N2CCC(C(C)O)C2)n1. The van der Waals surface area contributed by atoms with Crippen molar-refractivity contribution in [3.05, 3.63) is 23.4 Å². The molecule has 1 fully saturated rings. The Morgan fingerprint density at radius 1 is 1.59 bits per heavy atom. The zero-order valence-corrected chi connectivity index (χ0v) is 10.6. The van der Waals surface area contributed by atoms with Crippen LogP contribution in [0.3, 0.4) is 0 Å². The molecule has 2 atom stereocenters. The number of nitrogens with zero attached hydrogens (tertiary/aromatic N) is 2. The summed E-state index contributed by atoms with van der Waals surface area (Å²) in [7, 11) is 0. The van der Waals surface area contributed by atoms with Gasteiger partial charge >= 0.3 is 0 Å². The lowest BCUT2D eigenvalue weighted by Gasteiger charge is -2.19. The van der Waals surface area contributed by atoms with Crippen molar-refractivity contribution in [1.82, 2.24) is 4.98 Å². The number of nitrogens with two attached hydrogens (primary N) is 1. The number of aliphatic hydroxyl groups excluding tert-OH is 1. The van der Waals surface area contributed by atoms with E-state index in [9.17, 15) is 5.11 Å². The highest BCUT2D eigenvalue weighted by atomic mass is 16.3. The lowest BCUT2D eigenvalue weighted by atomic mass is 10.0. The lowest BCUT2D eigenvalue weighted by Crippen LogP contribution is -2.25. The highest BCUT2D eigenvalue weighted by molar-refractivity contribution is 5.43. The maximum absolute atomic E-state index is 9.61. The van der Waals surface area contributed by atoms with Crippen LogP contribution in [0.2, 0.25) is 0 Å². The largest absolute Gasteiger partial charge is 0.393 e. The summed E-state index contributed by atoms with van der Waals surface area (Å²) in [6.45, 7) is 6.26. The minimum Gasteiger partial charge on any atom is -0.393 e. The first-order valence-corrected chi connectivity index (χ1v) is 6.21. The summed E-state index contributed by atoms with van der Waals surface area (Å²) in [6.07, 6.45) is 0.796. The Labute approximate surface area is 102 Å². The highest BCUT2D eigenvalue weighted by Gasteiger charge is 2.26. The molecule has 1 saturated heterocycles. The molecule has 0 bridgehead atoms. The third kappa shape index (κ3) is 2.76. The van der Waals surface area contributed by atoms with Crippen LogP contribution in [-0.4, -0.2) is 29.3 Å². The second-order valence-corrected chi connectivity index (χ2v) is 4.91. The van der Waals surface area contributed by atoms with Crippen LogP contribution in [0.1, 0.15) is 24.6 Å². The molecule has 4 heteroatoms. The molecule has 0 spiro atoms. The molecule has 0 saturated carbocycles. The normalized spacial score (nSPS) is 21.9. The zero-order valence-electron chi connectivity index (χ0n) is 10.6. The molecular formula is C13H21N3O. The molecule has 17 heavy (non-hydrogen) atoms. The van der Waals surface area contributed by atoms with E-state index in [1.165, 1.54) is 0 Å². The van der Waals surface area contributed by atoms with Crippen molar-refractivity contribution in [2.45, 2.75) is 32.9 Å². The molecule has 1 aromatic rings. The van der Waals surface area contributed by atoms with Gasteiger partial charge in [-0.2, -0.15) is 0 Å². The average Bonchev–Trinajstić information content (AvgIpc) is 2.77. The first kappa shape index (κ1) is 12.3. The molecule has 0 aromatic carbocycles. The molecule has 1 aliphatic rings. The van der Waals surface area contributed by atoms with E-state index in [1.807, 2.05) is 19.9 Å². The van der Waals surface area contributed by atoms with Crippen molar-refractivity contribution >= 4 is 5.82 Å². The molecular weight excluding hydrogens is 214 g/mol. The van der Waals surface area contributed by atoms with Gasteiger partial charge in [-0.3, -0.25) is 0 Å². The quantitative estimate of drug-likeness (QED) is 0.822. The van der Waals surface area contributed by atoms with E-state index < -0.39 is 0 Å². The van der Waals surface area contributed by atoms with Crippen LogP contribution < -0.4 is 10.6 Å². The number of hydrogen-bond acceptors (Lipinski definition) is 4. The van der Waals surface area contributed by atoms with Gasteiger partial charge in [0.25, 0.3) is 0 Å². The molecule has 94 valence electrons. The number of anilines is 1. The van der Waals surface area contributed by atoms with Crippen LogP contribution in [0.15, 0.2) is 12.1 Å². The number of rotatable bonds is 3. The second-order valence-electron chi connectivity index (χ2n) is 4.91. The topological polar surface area (TPSA) is 62.4 Å². The summed E-state index contributed by atoms with van der Waals surface area (Å²) in [6, 6.07) is 4.07. The van der Waals surface area contributed by atoms with E-state index >= 15 is 0 Å². The van der Waals surface area contributed by atoms with Crippen molar-refractivity contribution < 1.29 is 5.11 Å².